The summed E-state index contributed by atoms with van der Waals surface area (Å²) in [5.74, 6) is -2.97. The Labute approximate surface area is 135 Å². The van der Waals surface area contributed by atoms with Crippen molar-refractivity contribution < 1.29 is 24.6 Å². The standard InChI is InChI=1S/C17H23NO5/c1-3-4-5-14(17(22)23)11(2)10-15(19)18-13-8-6-12(7-9-13)16(20)21/h6-9,11,14H,3-5,10H2,1-2H3,(H,18,19)(H,20,21)(H,22,23)/t11-,14-/m0/s1. The number of carboxylic acids is 2. The topological polar surface area (TPSA) is 104 Å². The van der Waals surface area contributed by atoms with Gasteiger partial charge in [-0.15, -0.1) is 0 Å². The lowest BCUT2D eigenvalue weighted by Crippen LogP contribution is -2.26. The van der Waals surface area contributed by atoms with Crippen molar-refractivity contribution in [3.8, 4) is 0 Å². The number of benzene rings is 1. The monoisotopic (exact) mass is 321 g/mol. The molecule has 1 aromatic rings. The first-order chi connectivity index (χ1) is 10.8. The summed E-state index contributed by atoms with van der Waals surface area (Å²) in [5, 5.41) is 20.7. The highest BCUT2D eigenvalue weighted by Gasteiger charge is 2.25. The third kappa shape index (κ3) is 6.10. The highest BCUT2D eigenvalue weighted by atomic mass is 16.4. The van der Waals surface area contributed by atoms with Gasteiger partial charge in [0.05, 0.1) is 11.5 Å². The fourth-order valence-electron chi connectivity index (χ4n) is 2.42. The predicted molar refractivity (Wildman–Crippen MR) is 86.5 cm³/mol. The number of rotatable bonds is 9. The highest BCUT2D eigenvalue weighted by molar-refractivity contribution is 5.92. The maximum atomic E-state index is 12.0. The zero-order valence-corrected chi connectivity index (χ0v) is 13.4. The van der Waals surface area contributed by atoms with E-state index in [1.54, 1.807) is 6.92 Å². The van der Waals surface area contributed by atoms with Crippen LogP contribution >= 0.6 is 0 Å². The number of aliphatic carboxylic acids is 1. The number of carbonyl (C=O) groups is 3. The molecule has 1 rings (SSSR count). The molecule has 1 aromatic carbocycles. The number of unbranched alkanes of at least 4 members (excludes halogenated alkanes) is 1. The summed E-state index contributed by atoms with van der Waals surface area (Å²) >= 11 is 0. The molecule has 0 spiro atoms. The molecule has 0 aromatic heterocycles. The zero-order valence-electron chi connectivity index (χ0n) is 13.4. The number of hydrogen-bond acceptors (Lipinski definition) is 3. The second-order valence-electron chi connectivity index (χ2n) is 5.70. The van der Waals surface area contributed by atoms with Crippen LogP contribution in [0.5, 0.6) is 0 Å². The molecule has 6 heteroatoms. The predicted octanol–water partition coefficient (Wildman–Crippen LogP) is 3.24. The molecule has 0 radical (unpaired) electrons. The van der Waals surface area contributed by atoms with Gasteiger partial charge in [0.25, 0.3) is 0 Å². The zero-order chi connectivity index (χ0) is 17.4. The van der Waals surface area contributed by atoms with Crippen molar-refractivity contribution in [1.82, 2.24) is 0 Å². The smallest absolute Gasteiger partial charge is 0.335 e. The van der Waals surface area contributed by atoms with E-state index in [9.17, 15) is 19.5 Å². The van der Waals surface area contributed by atoms with Gasteiger partial charge >= 0.3 is 11.9 Å². The number of aromatic carboxylic acids is 1. The van der Waals surface area contributed by atoms with Gasteiger partial charge in [-0.2, -0.15) is 0 Å². The number of nitrogens with one attached hydrogen (secondary N) is 1. The Bertz CT molecular complexity index is 553. The molecule has 0 aliphatic heterocycles. The SMILES string of the molecule is CCCC[C@H](C(=O)O)[C@@H](C)CC(=O)Nc1ccc(C(=O)O)cc1. The molecule has 0 aliphatic rings. The Balaban J connectivity index is 2.60. The molecular weight excluding hydrogens is 298 g/mol. The van der Waals surface area contributed by atoms with Gasteiger partial charge in [-0.05, 0) is 36.6 Å². The minimum atomic E-state index is -1.03. The molecule has 2 atom stereocenters. The first-order valence-corrected chi connectivity index (χ1v) is 7.71. The fraction of sp³-hybridized carbons (Fsp3) is 0.471. The molecule has 6 nitrogen and oxygen atoms in total. The van der Waals surface area contributed by atoms with Gasteiger partial charge in [0.1, 0.15) is 0 Å². The van der Waals surface area contributed by atoms with Crippen molar-refractivity contribution >= 4 is 23.5 Å². The second-order valence-corrected chi connectivity index (χ2v) is 5.70. The Morgan fingerprint density at radius 2 is 1.74 bits per heavy atom. The molecule has 0 saturated heterocycles. The third-order valence-corrected chi connectivity index (χ3v) is 3.80. The summed E-state index contributed by atoms with van der Waals surface area (Å²) < 4.78 is 0. The van der Waals surface area contributed by atoms with Gasteiger partial charge < -0.3 is 15.5 Å². The third-order valence-electron chi connectivity index (χ3n) is 3.80. The Hall–Kier alpha value is -2.37. The van der Waals surface area contributed by atoms with Gasteiger partial charge in [0.2, 0.25) is 5.91 Å². The molecule has 1 amide bonds. The molecule has 126 valence electrons. The van der Waals surface area contributed by atoms with E-state index >= 15 is 0 Å². The van der Waals surface area contributed by atoms with Gasteiger partial charge in [0.15, 0.2) is 0 Å². The average Bonchev–Trinajstić information content (AvgIpc) is 2.47. The van der Waals surface area contributed by atoms with Gasteiger partial charge in [-0.25, -0.2) is 4.79 Å². The molecule has 23 heavy (non-hydrogen) atoms. The molecule has 0 bridgehead atoms. The van der Waals surface area contributed by atoms with Crippen molar-refractivity contribution in [2.45, 2.75) is 39.5 Å². The van der Waals surface area contributed by atoms with E-state index in [0.29, 0.717) is 12.1 Å². The molecule has 0 unspecified atom stereocenters. The lowest BCUT2D eigenvalue weighted by molar-refractivity contribution is -0.144. The van der Waals surface area contributed by atoms with Crippen molar-refractivity contribution in [2.24, 2.45) is 11.8 Å². The van der Waals surface area contributed by atoms with Crippen LogP contribution in [0.25, 0.3) is 0 Å². The fourth-order valence-corrected chi connectivity index (χ4v) is 2.42. The van der Waals surface area contributed by atoms with Crippen LogP contribution in [0.15, 0.2) is 24.3 Å². The van der Waals surface area contributed by atoms with Crippen LogP contribution in [0.1, 0.15) is 49.9 Å². The normalized spacial score (nSPS) is 13.1. The van der Waals surface area contributed by atoms with Crippen molar-refractivity contribution in [3.05, 3.63) is 29.8 Å². The Kier molecular flexibility index (Phi) is 7.25. The van der Waals surface area contributed by atoms with Crippen molar-refractivity contribution in [3.63, 3.8) is 0 Å². The largest absolute Gasteiger partial charge is 0.481 e. The minimum Gasteiger partial charge on any atom is -0.481 e. The summed E-state index contributed by atoms with van der Waals surface area (Å²) in [5.41, 5.74) is 0.634. The molecule has 0 fully saturated rings. The van der Waals surface area contributed by atoms with E-state index < -0.39 is 17.9 Å². The quantitative estimate of drug-likeness (QED) is 0.648. The number of anilines is 1. The van der Waals surface area contributed by atoms with Crippen LogP contribution in [0.3, 0.4) is 0 Å². The lowest BCUT2D eigenvalue weighted by Gasteiger charge is -2.19. The van der Waals surface area contributed by atoms with E-state index in [1.165, 1.54) is 24.3 Å². The Morgan fingerprint density at radius 3 is 2.22 bits per heavy atom. The van der Waals surface area contributed by atoms with E-state index in [4.69, 9.17) is 5.11 Å². The van der Waals surface area contributed by atoms with Gasteiger partial charge in [-0.3, -0.25) is 9.59 Å². The van der Waals surface area contributed by atoms with Crippen LogP contribution in [-0.2, 0) is 9.59 Å². The van der Waals surface area contributed by atoms with Crippen LogP contribution in [0.4, 0.5) is 5.69 Å². The number of carboxylic acid groups (broad SMARTS) is 2. The summed E-state index contributed by atoms with van der Waals surface area (Å²) in [4.78, 5) is 34.1. The molecule has 0 heterocycles. The first-order valence-electron chi connectivity index (χ1n) is 7.71. The molecule has 0 aliphatic carbocycles. The average molecular weight is 321 g/mol. The van der Waals surface area contributed by atoms with E-state index in [2.05, 4.69) is 5.32 Å². The van der Waals surface area contributed by atoms with Crippen LogP contribution < -0.4 is 5.32 Å². The van der Waals surface area contributed by atoms with Gasteiger partial charge in [-0.1, -0.05) is 26.7 Å². The highest BCUT2D eigenvalue weighted by Crippen LogP contribution is 2.22. The summed E-state index contributed by atoms with van der Waals surface area (Å²) in [6.45, 7) is 3.76. The van der Waals surface area contributed by atoms with Crippen LogP contribution in [0, 0.1) is 11.8 Å². The van der Waals surface area contributed by atoms with Crippen molar-refractivity contribution in [1.29, 1.82) is 0 Å². The maximum Gasteiger partial charge on any atom is 0.335 e. The molecule has 3 N–H and O–H groups in total. The van der Waals surface area contributed by atoms with E-state index in [-0.39, 0.29) is 23.8 Å². The van der Waals surface area contributed by atoms with Crippen LogP contribution in [-0.4, -0.2) is 28.1 Å². The number of carbonyl (C=O) groups excluding carboxylic acids is 1. The lowest BCUT2D eigenvalue weighted by atomic mass is 9.87. The van der Waals surface area contributed by atoms with E-state index in [1.807, 2.05) is 6.92 Å². The first kappa shape index (κ1) is 18.7. The van der Waals surface area contributed by atoms with Gasteiger partial charge in [0, 0.05) is 12.1 Å². The van der Waals surface area contributed by atoms with Crippen LogP contribution in [0.2, 0.25) is 0 Å². The second kappa shape index (κ2) is 8.92. The summed E-state index contributed by atoms with van der Waals surface area (Å²) in [6.07, 6.45) is 2.41. The summed E-state index contributed by atoms with van der Waals surface area (Å²) in [7, 11) is 0. The molecule has 0 saturated carbocycles. The van der Waals surface area contributed by atoms with E-state index in [0.717, 1.165) is 12.8 Å². The number of amides is 1. The Morgan fingerprint density at radius 1 is 1.13 bits per heavy atom. The number of hydrogen-bond donors (Lipinski definition) is 3. The van der Waals surface area contributed by atoms with Crippen molar-refractivity contribution in [2.75, 3.05) is 5.32 Å². The minimum absolute atomic E-state index is 0.112. The summed E-state index contributed by atoms with van der Waals surface area (Å²) in [6, 6.07) is 5.83. The molecular formula is C17H23NO5. The maximum absolute atomic E-state index is 12.0.